The number of anilines is 1. The van der Waals surface area contributed by atoms with Gasteiger partial charge in [0, 0.05) is 12.2 Å². The summed E-state index contributed by atoms with van der Waals surface area (Å²) >= 11 is 0. The van der Waals surface area contributed by atoms with Crippen molar-refractivity contribution < 1.29 is 0 Å². The maximum absolute atomic E-state index is 5.93. The van der Waals surface area contributed by atoms with Gasteiger partial charge >= 0.3 is 0 Å². The van der Waals surface area contributed by atoms with Gasteiger partial charge < -0.3 is 5.73 Å². The molecule has 0 fully saturated rings. The van der Waals surface area contributed by atoms with Crippen LogP contribution in [-0.4, -0.2) is 24.5 Å². The molecule has 94 valence electrons. The third-order valence-corrected chi connectivity index (χ3v) is 2.90. The summed E-state index contributed by atoms with van der Waals surface area (Å²) in [7, 11) is 0. The normalized spacial score (nSPS) is 10.7. The summed E-state index contributed by atoms with van der Waals surface area (Å²) in [5, 5.41) is 0. The van der Waals surface area contributed by atoms with Crippen molar-refractivity contribution in [1.82, 2.24) is 4.90 Å². The Morgan fingerprint density at radius 3 is 2.71 bits per heavy atom. The lowest BCUT2D eigenvalue weighted by atomic mass is 10.1. The molecule has 0 bridgehead atoms. The van der Waals surface area contributed by atoms with E-state index < -0.39 is 0 Å². The van der Waals surface area contributed by atoms with Crippen molar-refractivity contribution in [2.45, 2.75) is 26.2 Å². The quantitative estimate of drug-likeness (QED) is 0.551. The van der Waals surface area contributed by atoms with E-state index in [4.69, 9.17) is 5.73 Å². The molecule has 0 aliphatic carbocycles. The maximum Gasteiger partial charge on any atom is 0.0346 e. The highest BCUT2D eigenvalue weighted by Crippen LogP contribution is 2.12. The number of aryl methyl sites for hydroxylation is 1. The number of nitrogens with zero attached hydrogens (tertiary/aromatic N) is 1. The molecule has 0 unspecified atom stereocenters. The fraction of sp³-hybridized carbons (Fsp3) is 0.467. The van der Waals surface area contributed by atoms with Crippen LogP contribution in [0.1, 0.15) is 25.3 Å². The van der Waals surface area contributed by atoms with E-state index in [2.05, 4.69) is 30.5 Å². The van der Waals surface area contributed by atoms with Gasteiger partial charge in [-0.1, -0.05) is 31.2 Å². The minimum atomic E-state index is 0.915. The number of hydrogen-bond acceptors (Lipinski definition) is 2. The molecule has 0 saturated carbocycles. The Labute approximate surface area is 105 Å². The van der Waals surface area contributed by atoms with Crippen molar-refractivity contribution in [1.29, 1.82) is 0 Å². The molecule has 0 radical (unpaired) electrons. The van der Waals surface area contributed by atoms with Crippen LogP contribution in [-0.2, 0) is 6.42 Å². The Morgan fingerprint density at radius 1 is 1.29 bits per heavy atom. The molecule has 0 aromatic heterocycles. The van der Waals surface area contributed by atoms with E-state index in [1.54, 1.807) is 0 Å². The molecule has 17 heavy (non-hydrogen) atoms. The molecule has 0 amide bonds. The summed E-state index contributed by atoms with van der Waals surface area (Å²) in [6.07, 6.45) is 5.39. The molecule has 2 N–H and O–H groups in total. The van der Waals surface area contributed by atoms with Gasteiger partial charge in [0.15, 0.2) is 0 Å². The number of hydrogen-bond donors (Lipinski definition) is 1. The Bertz CT molecular complexity index is 333. The highest BCUT2D eigenvalue weighted by atomic mass is 15.1. The first-order valence-corrected chi connectivity index (χ1v) is 6.44. The molecule has 0 aliphatic heterocycles. The van der Waals surface area contributed by atoms with E-state index in [1.807, 2.05) is 18.2 Å². The predicted octanol–water partition coefficient (Wildman–Crippen LogP) is 3.10. The summed E-state index contributed by atoms with van der Waals surface area (Å²) in [5.41, 5.74) is 8.11. The number of para-hydroxylation sites is 1. The first kappa shape index (κ1) is 13.8. The summed E-state index contributed by atoms with van der Waals surface area (Å²) < 4.78 is 0. The maximum atomic E-state index is 5.93. The van der Waals surface area contributed by atoms with Crippen molar-refractivity contribution in [2.75, 3.05) is 25.4 Å². The third kappa shape index (κ3) is 5.05. The van der Waals surface area contributed by atoms with Crippen molar-refractivity contribution in [3.8, 4) is 0 Å². The van der Waals surface area contributed by atoms with E-state index >= 15 is 0 Å². The van der Waals surface area contributed by atoms with Crippen molar-refractivity contribution >= 4 is 5.69 Å². The highest BCUT2D eigenvalue weighted by molar-refractivity contribution is 5.46. The van der Waals surface area contributed by atoms with Gasteiger partial charge in [0.2, 0.25) is 0 Å². The minimum Gasteiger partial charge on any atom is -0.399 e. The molecule has 1 aromatic carbocycles. The minimum absolute atomic E-state index is 0.915. The van der Waals surface area contributed by atoms with Crippen LogP contribution in [0.25, 0.3) is 0 Å². The van der Waals surface area contributed by atoms with Gasteiger partial charge in [0.25, 0.3) is 0 Å². The Kier molecular flexibility index (Phi) is 6.41. The second kappa shape index (κ2) is 7.91. The summed E-state index contributed by atoms with van der Waals surface area (Å²) in [6.45, 7) is 9.27. The van der Waals surface area contributed by atoms with Gasteiger partial charge in [-0.3, -0.25) is 4.90 Å². The second-order valence-electron chi connectivity index (χ2n) is 4.39. The number of nitrogens with two attached hydrogens (primary N) is 1. The molecular formula is C15H24N2. The summed E-state index contributed by atoms with van der Waals surface area (Å²) in [4.78, 5) is 2.44. The molecule has 0 heterocycles. The first-order chi connectivity index (χ1) is 8.27. The Hall–Kier alpha value is -1.28. The SMILES string of the molecule is C=CCN(CCC)CCCc1ccccc1N. The zero-order valence-corrected chi connectivity index (χ0v) is 10.9. The van der Waals surface area contributed by atoms with E-state index in [0.29, 0.717) is 0 Å². The number of nitrogen functional groups attached to an aromatic ring is 1. The smallest absolute Gasteiger partial charge is 0.0346 e. The van der Waals surface area contributed by atoms with Crippen LogP contribution < -0.4 is 5.73 Å². The molecular weight excluding hydrogens is 208 g/mol. The van der Waals surface area contributed by atoms with Crippen molar-refractivity contribution in [3.05, 3.63) is 42.5 Å². The van der Waals surface area contributed by atoms with Crippen LogP contribution in [0.5, 0.6) is 0 Å². The van der Waals surface area contributed by atoms with Crippen molar-refractivity contribution in [3.63, 3.8) is 0 Å². The molecule has 2 heteroatoms. The molecule has 0 saturated heterocycles. The predicted molar refractivity (Wildman–Crippen MR) is 76.1 cm³/mol. The standard InChI is InChI=1S/C15H24N2/c1-3-11-17(12-4-2)13-7-9-14-8-5-6-10-15(14)16/h3,5-6,8,10H,1,4,7,9,11-13,16H2,2H3. The molecule has 1 rings (SSSR count). The van der Waals surface area contributed by atoms with E-state index in [0.717, 1.165) is 38.2 Å². The lowest BCUT2D eigenvalue weighted by molar-refractivity contribution is 0.299. The van der Waals surface area contributed by atoms with Gasteiger partial charge in [0.05, 0.1) is 0 Å². The molecule has 0 atom stereocenters. The average Bonchev–Trinajstić information content (AvgIpc) is 2.32. The fourth-order valence-corrected chi connectivity index (χ4v) is 2.05. The zero-order valence-electron chi connectivity index (χ0n) is 10.9. The van der Waals surface area contributed by atoms with E-state index in [-0.39, 0.29) is 0 Å². The van der Waals surface area contributed by atoms with Crippen LogP contribution in [0.3, 0.4) is 0 Å². The van der Waals surface area contributed by atoms with E-state index in [1.165, 1.54) is 12.0 Å². The van der Waals surface area contributed by atoms with Crippen LogP contribution in [0.2, 0.25) is 0 Å². The van der Waals surface area contributed by atoms with Gasteiger partial charge in [-0.15, -0.1) is 6.58 Å². The molecule has 0 spiro atoms. The second-order valence-corrected chi connectivity index (χ2v) is 4.39. The molecule has 2 nitrogen and oxygen atoms in total. The van der Waals surface area contributed by atoms with Gasteiger partial charge in [0.1, 0.15) is 0 Å². The Morgan fingerprint density at radius 2 is 2.06 bits per heavy atom. The monoisotopic (exact) mass is 232 g/mol. The van der Waals surface area contributed by atoms with Crippen LogP contribution >= 0.6 is 0 Å². The lowest BCUT2D eigenvalue weighted by Crippen LogP contribution is -2.26. The molecule has 0 aliphatic rings. The Balaban J connectivity index is 2.35. The van der Waals surface area contributed by atoms with E-state index in [9.17, 15) is 0 Å². The first-order valence-electron chi connectivity index (χ1n) is 6.44. The summed E-state index contributed by atoms with van der Waals surface area (Å²) in [6, 6.07) is 8.13. The highest BCUT2D eigenvalue weighted by Gasteiger charge is 2.02. The van der Waals surface area contributed by atoms with Gasteiger partial charge in [-0.25, -0.2) is 0 Å². The van der Waals surface area contributed by atoms with Crippen LogP contribution in [0.15, 0.2) is 36.9 Å². The van der Waals surface area contributed by atoms with Gasteiger partial charge in [-0.05, 0) is 44.0 Å². The average molecular weight is 232 g/mol. The fourth-order valence-electron chi connectivity index (χ4n) is 2.05. The summed E-state index contributed by atoms with van der Waals surface area (Å²) in [5.74, 6) is 0. The van der Waals surface area contributed by atoms with Crippen LogP contribution in [0, 0.1) is 0 Å². The zero-order chi connectivity index (χ0) is 12.5. The largest absolute Gasteiger partial charge is 0.399 e. The van der Waals surface area contributed by atoms with Crippen molar-refractivity contribution in [2.24, 2.45) is 0 Å². The number of rotatable bonds is 8. The van der Waals surface area contributed by atoms with Crippen LogP contribution in [0.4, 0.5) is 5.69 Å². The lowest BCUT2D eigenvalue weighted by Gasteiger charge is -2.19. The topological polar surface area (TPSA) is 29.3 Å². The third-order valence-electron chi connectivity index (χ3n) is 2.90. The number of benzene rings is 1. The molecule has 1 aromatic rings. The van der Waals surface area contributed by atoms with Gasteiger partial charge in [-0.2, -0.15) is 0 Å².